The lowest BCUT2D eigenvalue weighted by Gasteiger charge is -2.23. The summed E-state index contributed by atoms with van der Waals surface area (Å²) < 4.78 is 16.9. The molecule has 0 bridgehead atoms. The van der Waals surface area contributed by atoms with Gasteiger partial charge in [-0.25, -0.2) is 0 Å². The standard InChI is InChI=1S/C14H20O4/c1-14(2)17-10-13(18-14)12(8-15)16-9-11-6-4-3-5-7-11/h3-7,12-13,15H,8-10H2,1-2H3. The van der Waals surface area contributed by atoms with Crippen LogP contribution in [-0.4, -0.2) is 36.3 Å². The first-order chi connectivity index (χ1) is 8.61. The monoisotopic (exact) mass is 252 g/mol. The van der Waals surface area contributed by atoms with Crippen LogP contribution in [0.15, 0.2) is 30.3 Å². The van der Waals surface area contributed by atoms with Crippen LogP contribution in [0.5, 0.6) is 0 Å². The molecule has 0 aromatic heterocycles. The minimum atomic E-state index is -0.589. The molecule has 1 saturated heterocycles. The number of benzene rings is 1. The smallest absolute Gasteiger partial charge is 0.163 e. The largest absolute Gasteiger partial charge is 0.394 e. The van der Waals surface area contributed by atoms with Gasteiger partial charge in [0, 0.05) is 0 Å². The van der Waals surface area contributed by atoms with E-state index in [4.69, 9.17) is 14.2 Å². The highest BCUT2D eigenvalue weighted by Gasteiger charge is 2.37. The summed E-state index contributed by atoms with van der Waals surface area (Å²) in [6.07, 6.45) is -0.569. The highest BCUT2D eigenvalue weighted by Crippen LogP contribution is 2.25. The van der Waals surface area contributed by atoms with Crippen molar-refractivity contribution in [3.63, 3.8) is 0 Å². The summed E-state index contributed by atoms with van der Waals surface area (Å²) >= 11 is 0. The summed E-state index contributed by atoms with van der Waals surface area (Å²) in [5.41, 5.74) is 1.08. The molecule has 1 N–H and O–H groups in total. The number of rotatable bonds is 5. The molecule has 0 saturated carbocycles. The van der Waals surface area contributed by atoms with E-state index in [1.165, 1.54) is 0 Å². The van der Waals surface area contributed by atoms with Gasteiger partial charge in [0.25, 0.3) is 0 Å². The molecule has 2 rings (SSSR count). The van der Waals surface area contributed by atoms with E-state index in [0.29, 0.717) is 13.2 Å². The first kappa shape index (κ1) is 13.5. The molecule has 0 spiro atoms. The number of hydrogen-bond acceptors (Lipinski definition) is 4. The van der Waals surface area contributed by atoms with E-state index in [1.54, 1.807) is 0 Å². The maximum absolute atomic E-state index is 9.37. The molecular formula is C14H20O4. The molecule has 4 nitrogen and oxygen atoms in total. The Balaban J connectivity index is 1.87. The molecule has 0 radical (unpaired) electrons. The predicted molar refractivity (Wildman–Crippen MR) is 67.0 cm³/mol. The minimum Gasteiger partial charge on any atom is -0.394 e. The lowest BCUT2D eigenvalue weighted by Crippen LogP contribution is -2.35. The molecule has 1 aromatic carbocycles. The Morgan fingerprint density at radius 2 is 2.11 bits per heavy atom. The van der Waals surface area contributed by atoms with Crippen LogP contribution in [0.2, 0.25) is 0 Å². The van der Waals surface area contributed by atoms with Crippen LogP contribution in [0, 0.1) is 0 Å². The van der Waals surface area contributed by atoms with Gasteiger partial charge < -0.3 is 19.3 Å². The van der Waals surface area contributed by atoms with E-state index in [-0.39, 0.29) is 18.8 Å². The van der Waals surface area contributed by atoms with Gasteiger partial charge in [-0.15, -0.1) is 0 Å². The Labute approximate surface area is 107 Å². The van der Waals surface area contributed by atoms with Gasteiger partial charge in [-0.05, 0) is 19.4 Å². The Hall–Kier alpha value is -0.940. The quantitative estimate of drug-likeness (QED) is 0.866. The van der Waals surface area contributed by atoms with Gasteiger partial charge >= 0.3 is 0 Å². The molecule has 1 fully saturated rings. The second-order valence-electron chi connectivity index (χ2n) is 4.88. The molecule has 18 heavy (non-hydrogen) atoms. The number of hydrogen-bond donors (Lipinski definition) is 1. The summed E-state index contributed by atoms with van der Waals surface area (Å²) in [4.78, 5) is 0. The normalized spacial score (nSPS) is 24.1. The summed E-state index contributed by atoms with van der Waals surface area (Å²) in [5.74, 6) is -0.589. The van der Waals surface area contributed by atoms with E-state index in [2.05, 4.69) is 0 Å². The molecule has 2 atom stereocenters. The third kappa shape index (κ3) is 3.53. The molecule has 1 aliphatic rings. The van der Waals surface area contributed by atoms with Crippen molar-refractivity contribution in [2.24, 2.45) is 0 Å². The second-order valence-corrected chi connectivity index (χ2v) is 4.88. The van der Waals surface area contributed by atoms with Crippen LogP contribution in [0.1, 0.15) is 19.4 Å². The lowest BCUT2D eigenvalue weighted by atomic mass is 10.2. The van der Waals surface area contributed by atoms with Crippen molar-refractivity contribution in [3.05, 3.63) is 35.9 Å². The summed E-state index contributed by atoms with van der Waals surface area (Å²) in [5, 5.41) is 9.37. The fourth-order valence-corrected chi connectivity index (χ4v) is 1.95. The topological polar surface area (TPSA) is 47.9 Å². The average Bonchev–Trinajstić information content (AvgIpc) is 2.72. The molecule has 1 heterocycles. The molecular weight excluding hydrogens is 232 g/mol. The summed E-state index contributed by atoms with van der Waals surface area (Å²) in [7, 11) is 0. The van der Waals surface area contributed by atoms with E-state index in [9.17, 15) is 5.11 Å². The Morgan fingerprint density at radius 3 is 2.67 bits per heavy atom. The third-order valence-corrected chi connectivity index (χ3v) is 2.93. The van der Waals surface area contributed by atoms with Gasteiger partial charge in [0.15, 0.2) is 5.79 Å². The van der Waals surface area contributed by atoms with Crippen molar-refractivity contribution < 1.29 is 19.3 Å². The highest BCUT2D eigenvalue weighted by atomic mass is 16.7. The zero-order valence-corrected chi connectivity index (χ0v) is 10.8. The van der Waals surface area contributed by atoms with Gasteiger partial charge in [-0.2, -0.15) is 0 Å². The zero-order valence-electron chi connectivity index (χ0n) is 10.8. The van der Waals surface area contributed by atoms with Gasteiger partial charge in [-0.1, -0.05) is 30.3 Å². The van der Waals surface area contributed by atoms with Gasteiger partial charge in [0.1, 0.15) is 12.2 Å². The van der Waals surface area contributed by atoms with Crippen LogP contribution < -0.4 is 0 Å². The van der Waals surface area contributed by atoms with Crippen molar-refractivity contribution in [3.8, 4) is 0 Å². The maximum Gasteiger partial charge on any atom is 0.163 e. The fourth-order valence-electron chi connectivity index (χ4n) is 1.95. The molecule has 1 aromatic rings. The van der Waals surface area contributed by atoms with Crippen LogP contribution >= 0.6 is 0 Å². The fraction of sp³-hybridized carbons (Fsp3) is 0.571. The van der Waals surface area contributed by atoms with Gasteiger partial charge in [-0.3, -0.25) is 0 Å². The summed E-state index contributed by atoms with van der Waals surface area (Å²) in [6, 6.07) is 9.87. The summed E-state index contributed by atoms with van der Waals surface area (Å²) in [6.45, 7) is 4.56. The lowest BCUT2D eigenvalue weighted by molar-refractivity contribution is -0.162. The van der Waals surface area contributed by atoms with Crippen molar-refractivity contribution in [1.82, 2.24) is 0 Å². The third-order valence-electron chi connectivity index (χ3n) is 2.93. The number of aliphatic hydroxyl groups excluding tert-OH is 1. The van der Waals surface area contributed by atoms with E-state index < -0.39 is 5.79 Å². The predicted octanol–water partition coefficient (Wildman–Crippen LogP) is 1.72. The van der Waals surface area contributed by atoms with E-state index >= 15 is 0 Å². The highest BCUT2D eigenvalue weighted by molar-refractivity contribution is 5.13. The van der Waals surface area contributed by atoms with Crippen LogP contribution in [-0.2, 0) is 20.8 Å². The molecule has 1 aliphatic heterocycles. The first-order valence-electron chi connectivity index (χ1n) is 6.19. The van der Waals surface area contributed by atoms with E-state index in [1.807, 2.05) is 44.2 Å². The molecule has 4 heteroatoms. The maximum atomic E-state index is 9.37. The number of ether oxygens (including phenoxy) is 3. The van der Waals surface area contributed by atoms with Crippen molar-refractivity contribution in [1.29, 1.82) is 0 Å². The second kappa shape index (κ2) is 5.80. The SMILES string of the molecule is CC1(C)OCC(C(CO)OCc2ccccc2)O1. The van der Waals surface area contributed by atoms with Gasteiger partial charge in [0.05, 0.1) is 19.8 Å². The van der Waals surface area contributed by atoms with Crippen LogP contribution in [0.4, 0.5) is 0 Å². The van der Waals surface area contributed by atoms with Crippen LogP contribution in [0.3, 0.4) is 0 Å². The molecule has 0 amide bonds. The molecule has 2 unspecified atom stereocenters. The van der Waals surface area contributed by atoms with Crippen LogP contribution in [0.25, 0.3) is 0 Å². The van der Waals surface area contributed by atoms with E-state index in [0.717, 1.165) is 5.56 Å². The minimum absolute atomic E-state index is 0.0725. The first-order valence-corrected chi connectivity index (χ1v) is 6.19. The zero-order chi connectivity index (χ0) is 13.0. The van der Waals surface area contributed by atoms with Gasteiger partial charge in [0.2, 0.25) is 0 Å². The Bertz CT molecular complexity index is 363. The van der Waals surface area contributed by atoms with Crippen molar-refractivity contribution >= 4 is 0 Å². The number of aliphatic hydroxyl groups is 1. The Kier molecular flexibility index (Phi) is 4.35. The molecule has 0 aliphatic carbocycles. The van der Waals surface area contributed by atoms with Crippen molar-refractivity contribution in [2.75, 3.05) is 13.2 Å². The Morgan fingerprint density at radius 1 is 1.39 bits per heavy atom. The average molecular weight is 252 g/mol. The molecule has 100 valence electrons. The van der Waals surface area contributed by atoms with Crippen molar-refractivity contribution in [2.45, 2.75) is 38.4 Å².